The number of hydrogen-bond donors (Lipinski definition) is 1. The van der Waals surface area contributed by atoms with E-state index in [1.54, 1.807) is 26.1 Å². The molecule has 17 heavy (non-hydrogen) atoms. The molecule has 1 aliphatic rings. The molecule has 4 heteroatoms. The van der Waals surface area contributed by atoms with E-state index < -0.39 is 5.41 Å². The number of nitrogens with zero attached hydrogens (tertiary/aromatic N) is 1. The minimum absolute atomic E-state index is 0.0917. The van der Waals surface area contributed by atoms with Gasteiger partial charge in [-0.1, -0.05) is 0 Å². The second-order valence-electron chi connectivity index (χ2n) is 4.74. The predicted molar refractivity (Wildman–Crippen MR) is 63.3 cm³/mol. The van der Waals surface area contributed by atoms with E-state index in [-0.39, 0.29) is 18.3 Å². The number of rotatable bonds is 3. The predicted octanol–water partition coefficient (Wildman–Crippen LogP) is 1.87. The number of aryl methyl sites for hydroxylation is 1. The average Bonchev–Trinajstić information content (AvgIpc) is 3.12. The molecular formula is C13H16FNO2. The van der Waals surface area contributed by atoms with Crippen molar-refractivity contribution in [2.24, 2.45) is 5.41 Å². The standard InChI is InChI=1S/C13H16FNO2/c1-9-7-10(3-4-11(9)14)15(2)12(17)13(8-16)5-6-13/h3-4,7,16H,5-6,8H2,1-2H3. The lowest BCUT2D eigenvalue weighted by atomic mass is 10.1. The lowest BCUT2D eigenvalue weighted by Gasteiger charge is -2.22. The van der Waals surface area contributed by atoms with Crippen LogP contribution in [0.25, 0.3) is 0 Å². The summed E-state index contributed by atoms with van der Waals surface area (Å²) in [7, 11) is 1.66. The van der Waals surface area contributed by atoms with Crippen LogP contribution in [0.15, 0.2) is 18.2 Å². The fourth-order valence-corrected chi connectivity index (χ4v) is 1.90. The van der Waals surface area contributed by atoms with E-state index >= 15 is 0 Å². The molecule has 1 fully saturated rings. The monoisotopic (exact) mass is 237 g/mol. The van der Waals surface area contributed by atoms with Crippen LogP contribution >= 0.6 is 0 Å². The van der Waals surface area contributed by atoms with Crippen molar-refractivity contribution in [2.45, 2.75) is 19.8 Å². The van der Waals surface area contributed by atoms with Crippen LogP contribution in [0, 0.1) is 18.2 Å². The quantitative estimate of drug-likeness (QED) is 0.871. The molecule has 0 unspecified atom stereocenters. The number of anilines is 1. The Balaban J connectivity index is 2.22. The van der Waals surface area contributed by atoms with E-state index in [0.29, 0.717) is 11.3 Å². The van der Waals surface area contributed by atoms with Gasteiger partial charge in [0, 0.05) is 12.7 Å². The number of benzene rings is 1. The van der Waals surface area contributed by atoms with E-state index in [2.05, 4.69) is 0 Å². The van der Waals surface area contributed by atoms with Gasteiger partial charge in [-0.05, 0) is 43.5 Å². The van der Waals surface area contributed by atoms with Crippen molar-refractivity contribution in [1.29, 1.82) is 0 Å². The van der Waals surface area contributed by atoms with Gasteiger partial charge < -0.3 is 10.0 Å². The minimum Gasteiger partial charge on any atom is -0.395 e. The highest BCUT2D eigenvalue weighted by Gasteiger charge is 2.50. The summed E-state index contributed by atoms with van der Waals surface area (Å²) < 4.78 is 13.1. The summed E-state index contributed by atoms with van der Waals surface area (Å²) in [6.07, 6.45) is 1.46. The van der Waals surface area contributed by atoms with Crippen molar-refractivity contribution in [1.82, 2.24) is 0 Å². The zero-order chi connectivity index (χ0) is 12.6. The first-order valence-corrected chi connectivity index (χ1v) is 5.65. The molecule has 92 valence electrons. The number of carbonyl (C=O) groups is 1. The normalized spacial score (nSPS) is 16.7. The molecular weight excluding hydrogens is 221 g/mol. The number of aliphatic hydroxyl groups excluding tert-OH is 1. The Morgan fingerprint density at radius 1 is 1.53 bits per heavy atom. The van der Waals surface area contributed by atoms with E-state index in [1.165, 1.54) is 11.0 Å². The number of halogens is 1. The van der Waals surface area contributed by atoms with E-state index in [0.717, 1.165) is 12.8 Å². The van der Waals surface area contributed by atoms with Crippen LogP contribution in [-0.4, -0.2) is 24.7 Å². The maximum absolute atomic E-state index is 13.1. The van der Waals surface area contributed by atoms with E-state index in [9.17, 15) is 14.3 Å². The third kappa shape index (κ3) is 2.05. The van der Waals surface area contributed by atoms with Crippen molar-refractivity contribution in [2.75, 3.05) is 18.6 Å². The van der Waals surface area contributed by atoms with Crippen LogP contribution < -0.4 is 4.90 Å². The average molecular weight is 237 g/mol. The first-order chi connectivity index (χ1) is 8.00. The van der Waals surface area contributed by atoms with Gasteiger partial charge in [0.1, 0.15) is 5.82 Å². The molecule has 1 aromatic rings. The van der Waals surface area contributed by atoms with Gasteiger partial charge in [0.15, 0.2) is 0 Å². The summed E-state index contributed by atoms with van der Waals surface area (Å²) in [5.41, 5.74) is 0.585. The van der Waals surface area contributed by atoms with Crippen molar-refractivity contribution >= 4 is 11.6 Å². The Bertz CT molecular complexity index is 455. The molecule has 0 aromatic heterocycles. The summed E-state index contributed by atoms with van der Waals surface area (Å²) >= 11 is 0. The third-order valence-corrected chi connectivity index (χ3v) is 3.44. The molecule has 0 radical (unpaired) electrons. The topological polar surface area (TPSA) is 40.5 Å². The second-order valence-corrected chi connectivity index (χ2v) is 4.74. The molecule has 2 rings (SSSR count). The third-order valence-electron chi connectivity index (χ3n) is 3.44. The fraction of sp³-hybridized carbons (Fsp3) is 0.462. The van der Waals surface area contributed by atoms with Crippen LogP contribution in [0.4, 0.5) is 10.1 Å². The molecule has 0 aliphatic heterocycles. The molecule has 1 N–H and O–H groups in total. The number of amides is 1. The van der Waals surface area contributed by atoms with E-state index in [4.69, 9.17) is 0 Å². The van der Waals surface area contributed by atoms with Crippen LogP contribution in [-0.2, 0) is 4.79 Å². The smallest absolute Gasteiger partial charge is 0.235 e. The zero-order valence-electron chi connectivity index (χ0n) is 10.0. The van der Waals surface area contributed by atoms with Gasteiger partial charge >= 0.3 is 0 Å². The summed E-state index contributed by atoms with van der Waals surface area (Å²) in [5.74, 6) is -0.371. The van der Waals surface area contributed by atoms with Gasteiger partial charge in [-0.25, -0.2) is 4.39 Å². The van der Waals surface area contributed by atoms with Crippen LogP contribution in [0.2, 0.25) is 0 Å². The van der Waals surface area contributed by atoms with Crippen molar-refractivity contribution < 1.29 is 14.3 Å². The fourth-order valence-electron chi connectivity index (χ4n) is 1.90. The maximum atomic E-state index is 13.1. The lowest BCUT2D eigenvalue weighted by Crippen LogP contribution is -2.36. The Morgan fingerprint density at radius 2 is 2.18 bits per heavy atom. The number of aliphatic hydroxyl groups is 1. The number of carbonyl (C=O) groups excluding carboxylic acids is 1. The highest BCUT2D eigenvalue weighted by molar-refractivity contribution is 5.99. The Morgan fingerprint density at radius 3 is 2.65 bits per heavy atom. The molecule has 1 saturated carbocycles. The molecule has 1 aromatic carbocycles. The van der Waals surface area contributed by atoms with Crippen LogP contribution in [0.3, 0.4) is 0 Å². The van der Waals surface area contributed by atoms with Gasteiger partial charge in [0.2, 0.25) is 5.91 Å². The Labute approximate surface area is 99.9 Å². The molecule has 1 aliphatic carbocycles. The number of hydrogen-bond acceptors (Lipinski definition) is 2. The summed E-state index contributed by atoms with van der Waals surface area (Å²) in [6, 6.07) is 4.57. The first kappa shape index (κ1) is 12.0. The zero-order valence-corrected chi connectivity index (χ0v) is 10.0. The highest BCUT2D eigenvalue weighted by Crippen LogP contribution is 2.47. The van der Waals surface area contributed by atoms with Gasteiger partial charge in [-0.15, -0.1) is 0 Å². The van der Waals surface area contributed by atoms with Gasteiger partial charge in [0.25, 0.3) is 0 Å². The van der Waals surface area contributed by atoms with Crippen molar-refractivity contribution in [3.63, 3.8) is 0 Å². The lowest BCUT2D eigenvalue weighted by molar-refractivity contribution is -0.124. The molecule has 3 nitrogen and oxygen atoms in total. The molecule has 0 bridgehead atoms. The van der Waals surface area contributed by atoms with Gasteiger partial charge in [0.05, 0.1) is 12.0 Å². The van der Waals surface area contributed by atoms with Crippen LogP contribution in [0.1, 0.15) is 18.4 Å². The molecule has 0 heterocycles. The summed E-state index contributed by atoms with van der Waals surface area (Å²) in [5, 5.41) is 9.21. The Hall–Kier alpha value is -1.42. The molecule has 0 saturated heterocycles. The Kier molecular flexibility index (Phi) is 2.91. The molecule has 1 amide bonds. The van der Waals surface area contributed by atoms with Crippen LogP contribution in [0.5, 0.6) is 0 Å². The van der Waals surface area contributed by atoms with Gasteiger partial charge in [-0.2, -0.15) is 0 Å². The van der Waals surface area contributed by atoms with Crippen molar-refractivity contribution in [3.8, 4) is 0 Å². The minimum atomic E-state index is -0.586. The van der Waals surface area contributed by atoms with E-state index in [1.807, 2.05) is 0 Å². The first-order valence-electron chi connectivity index (χ1n) is 5.65. The molecule has 0 spiro atoms. The maximum Gasteiger partial charge on any atom is 0.235 e. The summed E-state index contributed by atoms with van der Waals surface area (Å²) in [4.78, 5) is 13.6. The highest BCUT2D eigenvalue weighted by atomic mass is 19.1. The largest absolute Gasteiger partial charge is 0.395 e. The summed E-state index contributed by atoms with van der Waals surface area (Å²) in [6.45, 7) is 1.55. The second kappa shape index (κ2) is 4.11. The SMILES string of the molecule is Cc1cc(N(C)C(=O)C2(CO)CC2)ccc1F. The van der Waals surface area contributed by atoms with Crippen molar-refractivity contribution in [3.05, 3.63) is 29.6 Å². The molecule has 0 atom stereocenters. The van der Waals surface area contributed by atoms with Gasteiger partial charge in [-0.3, -0.25) is 4.79 Å².